The summed E-state index contributed by atoms with van der Waals surface area (Å²) in [6.07, 6.45) is 0. The van der Waals surface area contributed by atoms with Crippen molar-refractivity contribution in [3.8, 4) is 0 Å². The molecule has 0 aromatic heterocycles. The van der Waals surface area contributed by atoms with Crippen molar-refractivity contribution in [3.05, 3.63) is 0 Å². The van der Waals surface area contributed by atoms with E-state index in [1.54, 1.807) is 0 Å². The molecule has 0 radical (unpaired) electrons. The van der Waals surface area contributed by atoms with Crippen molar-refractivity contribution in [1.82, 2.24) is 0 Å². The fourth-order valence-corrected chi connectivity index (χ4v) is 1.76. The lowest BCUT2D eigenvalue weighted by Crippen LogP contribution is -2.07. The van der Waals surface area contributed by atoms with Crippen molar-refractivity contribution in [3.63, 3.8) is 0 Å². The number of phosphoric acid groups is 1. The lowest BCUT2D eigenvalue weighted by atomic mass is 10.9. The van der Waals surface area contributed by atoms with E-state index in [1.165, 1.54) is 6.92 Å². The Labute approximate surface area is 69.1 Å². The first-order chi connectivity index (χ1) is 3.71. The molecular formula is C2H5Br2O4P. The van der Waals surface area contributed by atoms with E-state index in [0.717, 1.165) is 0 Å². The maximum Gasteiger partial charge on any atom is 0.471 e. The van der Waals surface area contributed by atoms with Gasteiger partial charge in [0.15, 0.2) is 3.42 Å². The smallest absolute Gasteiger partial charge is 0.303 e. The Morgan fingerprint density at radius 2 is 1.89 bits per heavy atom. The molecule has 56 valence electrons. The van der Waals surface area contributed by atoms with E-state index in [4.69, 9.17) is 9.79 Å². The summed E-state index contributed by atoms with van der Waals surface area (Å²) in [4.78, 5) is 16.4. The van der Waals surface area contributed by atoms with E-state index in [1.807, 2.05) is 0 Å². The van der Waals surface area contributed by atoms with Crippen LogP contribution in [-0.2, 0) is 9.09 Å². The van der Waals surface area contributed by atoms with Crippen LogP contribution in [0.15, 0.2) is 0 Å². The third-order valence-corrected chi connectivity index (χ3v) is 1.71. The third-order valence-electron chi connectivity index (χ3n) is 0.279. The fraction of sp³-hybridized carbons (Fsp3) is 1.00. The van der Waals surface area contributed by atoms with Crippen molar-refractivity contribution in [2.45, 2.75) is 10.3 Å². The van der Waals surface area contributed by atoms with Crippen LogP contribution < -0.4 is 0 Å². The summed E-state index contributed by atoms with van der Waals surface area (Å²) in [6.45, 7) is 1.41. The van der Waals surface area contributed by atoms with Gasteiger partial charge in [-0.1, -0.05) is 0 Å². The van der Waals surface area contributed by atoms with Gasteiger partial charge in [-0.15, -0.1) is 0 Å². The van der Waals surface area contributed by atoms with Gasteiger partial charge in [-0.25, -0.2) is 4.57 Å². The van der Waals surface area contributed by atoms with Gasteiger partial charge < -0.3 is 9.79 Å². The highest BCUT2D eigenvalue weighted by Crippen LogP contribution is 2.46. The van der Waals surface area contributed by atoms with Crippen molar-refractivity contribution in [2.24, 2.45) is 0 Å². The molecule has 0 bridgehead atoms. The largest absolute Gasteiger partial charge is 0.471 e. The van der Waals surface area contributed by atoms with Crippen molar-refractivity contribution in [1.29, 1.82) is 0 Å². The lowest BCUT2D eigenvalue weighted by molar-refractivity contribution is 0.182. The monoisotopic (exact) mass is 282 g/mol. The minimum absolute atomic E-state index is 1.15. The van der Waals surface area contributed by atoms with Crippen molar-refractivity contribution < 1.29 is 18.9 Å². The molecule has 9 heavy (non-hydrogen) atoms. The molecule has 4 nitrogen and oxygen atoms in total. The van der Waals surface area contributed by atoms with Crippen LogP contribution in [0.3, 0.4) is 0 Å². The zero-order valence-corrected chi connectivity index (χ0v) is 8.48. The van der Waals surface area contributed by atoms with Crippen molar-refractivity contribution >= 4 is 39.7 Å². The van der Waals surface area contributed by atoms with Gasteiger partial charge in [-0.2, -0.15) is 0 Å². The molecule has 0 amide bonds. The summed E-state index contributed by atoms with van der Waals surface area (Å²) in [6, 6.07) is 0. The number of phosphoric ester groups is 1. The molecule has 0 fully saturated rings. The molecule has 0 aliphatic carbocycles. The lowest BCUT2D eigenvalue weighted by Gasteiger charge is -2.14. The summed E-state index contributed by atoms with van der Waals surface area (Å²) < 4.78 is 13.0. The maximum absolute atomic E-state index is 10.1. The summed E-state index contributed by atoms with van der Waals surface area (Å²) >= 11 is 5.63. The molecule has 0 aromatic carbocycles. The van der Waals surface area contributed by atoms with E-state index in [9.17, 15) is 4.57 Å². The van der Waals surface area contributed by atoms with Gasteiger partial charge in [0.25, 0.3) is 0 Å². The van der Waals surface area contributed by atoms with E-state index >= 15 is 0 Å². The second-order valence-corrected chi connectivity index (χ2v) is 6.64. The zero-order valence-electron chi connectivity index (χ0n) is 4.41. The van der Waals surface area contributed by atoms with Crippen LogP contribution in [-0.4, -0.2) is 13.2 Å². The minimum atomic E-state index is -4.38. The standard InChI is InChI=1S/C2H5Br2O4P/c1-2(3,4)8-9(5,6)7/h1H3,(H2,5,6,7). The van der Waals surface area contributed by atoms with Crippen LogP contribution in [0, 0.1) is 0 Å². The van der Waals surface area contributed by atoms with Gasteiger partial charge >= 0.3 is 7.82 Å². The zero-order chi connectivity index (χ0) is 7.71. The molecule has 0 saturated heterocycles. The summed E-state index contributed by atoms with van der Waals surface area (Å²) in [7, 11) is -4.38. The van der Waals surface area contributed by atoms with Gasteiger partial charge in [-0.05, 0) is 38.8 Å². The Bertz CT molecular complexity index is 134. The van der Waals surface area contributed by atoms with Crippen molar-refractivity contribution in [2.75, 3.05) is 0 Å². The highest BCUT2D eigenvalue weighted by atomic mass is 79.9. The first kappa shape index (κ1) is 10.1. The number of hydrogen-bond acceptors (Lipinski definition) is 2. The first-order valence-corrected chi connectivity index (χ1v) is 4.96. The second-order valence-electron chi connectivity index (χ2n) is 1.39. The molecule has 0 spiro atoms. The highest BCUT2D eigenvalue weighted by Gasteiger charge is 2.27. The molecule has 2 N–H and O–H groups in total. The molecule has 0 saturated carbocycles. The average Bonchev–Trinajstić information content (AvgIpc) is 1.14. The Morgan fingerprint density at radius 1 is 1.56 bits per heavy atom. The molecule has 0 heterocycles. The van der Waals surface area contributed by atoms with Gasteiger partial charge in [0.05, 0.1) is 0 Å². The fourth-order valence-electron chi connectivity index (χ4n) is 0.209. The predicted octanol–water partition coefficient (Wildman–Crippen LogP) is 1.56. The topological polar surface area (TPSA) is 66.8 Å². The normalized spacial score (nSPS) is 13.9. The molecule has 7 heteroatoms. The number of alkyl halides is 2. The Kier molecular flexibility index (Phi) is 3.34. The van der Waals surface area contributed by atoms with Gasteiger partial charge in [0.1, 0.15) is 0 Å². The van der Waals surface area contributed by atoms with Crippen LogP contribution in [0.2, 0.25) is 0 Å². The Morgan fingerprint density at radius 3 is 1.89 bits per heavy atom. The molecular weight excluding hydrogens is 279 g/mol. The number of halogens is 2. The molecule has 0 aromatic rings. The number of rotatable bonds is 2. The predicted molar refractivity (Wildman–Crippen MR) is 39.4 cm³/mol. The SMILES string of the molecule is CC(Br)(Br)OP(=O)(O)O. The molecule has 0 aliphatic heterocycles. The van der Waals surface area contributed by atoms with E-state index in [0.29, 0.717) is 0 Å². The minimum Gasteiger partial charge on any atom is -0.303 e. The third kappa shape index (κ3) is 9.07. The molecule has 0 unspecified atom stereocenters. The van der Waals surface area contributed by atoms with Gasteiger partial charge in [0.2, 0.25) is 0 Å². The quantitative estimate of drug-likeness (QED) is 0.596. The Balaban J connectivity index is 3.90. The van der Waals surface area contributed by atoms with Crippen LogP contribution in [0.1, 0.15) is 6.92 Å². The number of hydrogen-bond donors (Lipinski definition) is 2. The molecule has 0 atom stereocenters. The van der Waals surface area contributed by atoms with Crippen LogP contribution in [0.4, 0.5) is 0 Å². The van der Waals surface area contributed by atoms with Gasteiger partial charge in [-0.3, -0.25) is 4.52 Å². The van der Waals surface area contributed by atoms with Crippen LogP contribution >= 0.6 is 39.7 Å². The molecule has 0 aliphatic rings. The van der Waals surface area contributed by atoms with Crippen LogP contribution in [0.5, 0.6) is 0 Å². The Hall–Kier alpha value is 1.07. The highest BCUT2D eigenvalue weighted by molar-refractivity contribution is 9.25. The maximum atomic E-state index is 10.1. The summed E-state index contributed by atoms with van der Waals surface area (Å²) in [5.41, 5.74) is 0. The molecule has 0 rings (SSSR count). The summed E-state index contributed by atoms with van der Waals surface area (Å²) in [5.74, 6) is 0. The average molecular weight is 284 g/mol. The van der Waals surface area contributed by atoms with E-state index in [2.05, 4.69) is 36.4 Å². The van der Waals surface area contributed by atoms with Gasteiger partial charge in [0, 0.05) is 0 Å². The van der Waals surface area contributed by atoms with E-state index in [-0.39, 0.29) is 0 Å². The van der Waals surface area contributed by atoms with E-state index < -0.39 is 11.2 Å². The second kappa shape index (κ2) is 2.98. The summed E-state index contributed by atoms with van der Waals surface area (Å²) in [5, 5.41) is 0. The van der Waals surface area contributed by atoms with Crippen LogP contribution in [0.25, 0.3) is 0 Å². The first-order valence-electron chi connectivity index (χ1n) is 1.85.